The van der Waals surface area contributed by atoms with E-state index in [4.69, 9.17) is 9.47 Å². The van der Waals surface area contributed by atoms with Crippen LogP contribution in [0, 0.1) is 0 Å². The van der Waals surface area contributed by atoms with Crippen LogP contribution in [0.5, 0.6) is 5.75 Å². The fraction of sp³-hybridized carbons (Fsp3) is 0.182. The standard InChI is InChI=1S/C33H28O7/c34-18-28-30(36)31(37)32(38)33(40-28)39-27-17-15-25(21-11-5-7-13-23(21)27)29(19-8-2-1-3-9-19)24-14-16-26(35)22-12-6-4-10-20(22)24/h1-17,28,30-34,36-38H,18H2/b29-24-/t28-,30+,31+,32-,33-/m1/s1. The number of rotatable bonds is 5. The Balaban J connectivity index is 1.52. The number of ether oxygens (including phenoxy) is 2. The maximum atomic E-state index is 12.7. The van der Waals surface area contributed by atoms with Crippen LogP contribution < -0.4 is 4.74 Å². The number of ketones is 1. The largest absolute Gasteiger partial charge is 0.461 e. The highest BCUT2D eigenvalue weighted by molar-refractivity contribution is 6.18. The van der Waals surface area contributed by atoms with E-state index in [1.165, 1.54) is 0 Å². The minimum atomic E-state index is -1.54. The topological polar surface area (TPSA) is 116 Å². The molecule has 7 nitrogen and oxygen atoms in total. The number of fused-ring (bicyclic) bond motifs is 2. The first kappa shape index (κ1) is 26.1. The highest BCUT2D eigenvalue weighted by atomic mass is 16.7. The number of benzene rings is 4. The normalized spacial score (nSPS) is 25.5. The van der Waals surface area contributed by atoms with E-state index in [0.29, 0.717) is 11.3 Å². The molecule has 4 N–H and O–H groups in total. The summed E-state index contributed by atoms with van der Waals surface area (Å²) < 4.78 is 11.7. The van der Waals surface area contributed by atoms with E-state index in [0.717, 1.165) is 38.6 Å². The number of aliphatic hydroxyl groups excluding tert-OH is 4. The molecule has 4 aromatic carbocycles. The van der Waals surface area contributed by atoms with Gasteiger partial charge in [-0.05, 0) is 51.4 Å². The van der Waals surface area contributed by atoms with Gasteiger partial charge in [-0.15, -0.1) is 0 Å². The van der Waals surface area contributed by atoms with Crippen LogP contribution in [0.2, 0.25) is 0 Å². The van der Waals surface area contributed by atoms with Crippen LogP contribution in [0.1, 0.15) is 27.0 Å². The molecule has 0 spiro atoms. The van der Waals surface area contributed by atoms with Gasteiger partial charge in [0.2, 0.25) is 6.29 Å². The zero-order valence-electron chi connectivity index (χ0n) is 21.4. The fourth-order valence-electron chi connectivity index (χ4n) is 5.43. The molecule has 5 atom stereocenters. The monoisotopic (exact) mass is 536 g/mol. The molecule has 1 aliphatic heterocycles. The number of carbonyl (C=O) groups is 1. The molecule has 1 heterocycles. The van der Waals surface area contributed by atoms with Crippen LogP contribution >= 0.6 is 0 Å². The number of hydrogen-bond acceptors (Lipinski definition) is 7. The Morgan fingerprint density at radius 3 is 2.15 bits per heavy atom. The summed E-state index contributed by atoms with van der Waals surface area (Å²) in [5, 5.41) is 42.1. The molecule has 7 heteroatoms. The van der Waals surface area contributed by atoms with Gasteiger partial charge in [-0.3, -0.25) is 4.79 Å². The number of hydrogen-bond donors (Lipinski definition) is 4. The summed E-state index contributed by atoms with van der Waals surface area (Å²) in [4.78, 5) is 12.7. The third-order valence-corrected chi connectivity index (χ3v) is 7.46. The van der Waals surface area contributed by atoms with Gasteiger partial charge in [0, 0.05) is 10.9 Å². The van der Waals surface area contributed by atoms with E-state index < -0.39 is 37.3 Å². The molecule has 0 bridgehead atoms. The molecule has 0 amide bonds. The predicted octanol–water partition coefficient (Wildman–Crippen LogP) is 3.73. The van der Waals surface area contributed by atoms with Crippen molar-refractivity contribution in [1.29, 1.82) is 0 Å². The van der Waals surface area contributed by atoms with Crippen LogP contribution in [0.3, 0.4) is 0 Å². The third-order valence-electron chi connectivity index (χ3n) is 7.46. The second-order valence-electron chi connectivity index (χ2n) is 9.87. The molecule has 202 valence electrons. The van der Waals surface area contributed by atoms with Gasteiger partial charge in [0.1, 0.15) is 30.2 Å². The number of carbonyl (C=O) groups excluding carboxylic acids is 1. The molecule has 2 aliphatic rings. The smallest absolute Gasteiger partial charge is 0.229 e. The van der Waals surface area contributed by atoms with Crippen molar-refractivity contribution < 1.29 is 34.7 Å². The Kier molecular flexibility index (Phi) is 7.06. The molecule has 0 aromatic heterocycles. The molecular weight excluding hydrogens is 508 g/mol. The maximum absolute atomic E-state index is 12.7. The lowest BCUT2D eigenvalue weighted by Gasteiger charge is -2.39. The highest BCUT2D eigenvalue weighted by Crippen LogP contribution is 2.41. The van der Waals surface area contributed by atoms with Crippen molar-refractivity contribution in [2.75, 3.05) is 6.61 Å². The average molecular weight is 537 g/mol. The van der Waals surface area contributed by atoms with E-state index in [1.807, 2.05) is 91.0 Å². The summed E-state index contributed by atoms with van der Waals surface area (Å²) in [5.74, 6) is 0.357. The predicted molar refractivity (Wildman–Crippen MR) is 151 cm³/mol. The number of allylic oxidation sites excluding steroid dienone is 3. The molecule has 0 radical (unpaired) electrons. The van der Waals surface area contributed by atoms with E-state index in [1.54, 1.807) is 12.1 Å². The molecule has 0 saturated carbocycles. The zero-order valence-corrected chi connectivity index (χ0v) is 21.4. The SMILES string of the molecule is O=C1C=C/C(=C(\c2ccccc2)c2ccc(O[C@@H]3O[C@H](CO)[C@H](O)[C@H](O)[C@H]3O)c3ccccc23)c2ccccc21. The first-order valence-corrected chi connectivity index (χ1v) is 13.1. The molecule has 1 saturated heterocycles. The van der Waals surface area contributed by atoms with Crippen LogP contribution in [0.4, 0.5) is 0 Å². The molecular formula is C33H28O7. The minimum Gasteiger partial charge on any atom is -0.461 e. The van der Waals surface area contributed by atoms with E-state index in [9.17, 15) is 25.2 Å². The van der Waals surface area contributed by atoms with Crippen molar-refractivity contribution in [3.05, 3.63) is 125 Å². The first-order chi connectivity index (χ1) is 19.5. The van der Waals surface area contributed by atoms with Gasteiger partial charge in [-0.2, -0.15) is 0 Å². The summed E-state index contributed by atoms with van der Waals surface area (Å²) in [6.45, 7) is -0.546. The summed E-state index contributed by atoms with van der Waals surface area (Å²) in [6, 6.07) is 28.9. The van der Waals surface area contributed by atoms with Crippen LogP contribution in [0.25, 0.3) is 21.9 Å². The number of aliphatic hydroxyl groups is 4. The van der Waals surface area contributed by atoms with Crippen molar-refractivity contribution in [2.45, 2.75) is 30.7 Å². The van der Waals surface area contributed by atoms with Crippen molar-refractivity contribution in [2.24, 2.45) is 0 Å². The van der Waals surface area contributed by atoms with Gasteiger partial charge >= 0.3 is 0 Å². The molecule has 4 aromatic rings. The summed E-state index contributed by atoms with van der Waals surface area (Å²) in [5.41, 5.74) is 5.22. The average Bonchev–Trinajstić information content (AvgIpc) is 3.00. The quantitative estimate of drug-likeness (QED) is 0.307. The van der Waals surface area contributed by atoms with E-state index >= 15 is 0 Å². The Labute approximate surface area is 230 Å². The third kappa shape index (κ3) is 4.54. The van der Waals surface area contributed by atoms with Crippen LogP contribution in [-0.2, 0) is 4.74 Å². The molecule has 40 heavy (non-hydrogen) atoms. The van der Waals surface area contributed by atoms with Crippen molar-refractivity contribution in [1.82, 2.24) is 0 Å². The molecule has 0 unspecified atom stereocenters. The van der Waals surface area contributed by atoms with Crippen molar-refractivity contribution >= 4 is 27.7 Å². The maximum Gasteiger partial charge on any atom is 0.229 e. The van der Waals surface area contributed by atoms with Crippen LogP contribution in [0.15, 0.2) is 103 Å². The van der Waals surface area contributed by atoms with Gasteiger partial charge in [0.05, 0.1) is 6.61 Å². The van der Waals surface area contributed by atoms with E-state index in [-0.39, 0.29) is 5.78 Å². The highest BCUT2D eigenvalue weighted by Gasteiger charge is 2.44. The zero-order chi connectivity index (χ0) is 27.8. The van der Waals surface area contributed by atoms with Crippen molar-refractivity contribution in [3.8, 4) is 5.75 Å². The Morgan fingerprint density at radius 1 is 0.725 bits per heavy atom. The molecule has 1 fully saturated rings. The Bertz CT molecular complexity index is 1620. The summed E-state index contributed by atoms with van der Waals surface area (Å²) in [7, 11) is 0. The summed E-state index contributed by atoms with van der Waals surface area (Å²) >= 11 is 0. The van der Waals surface area contributed by atoms with E-state index in [2.05, 4.69) is 0 Å². The van der Waals surface area contributed by atoms with Gasteiger partial charge in [-0.25, -0.2) is 0 Å². The molecule has 6 rings (SSSR count). The van der Waals surface area contributed by atoms with Crippen LogP contribution in [-0.4, -0.2) is 63.5 Å². The minimum absolute atomic E-state index is 0.0418. The second-order valence-corrected chi connectivity index (χ2v) is 9.87. The van der Waals surface area contributed by atoms with Gasteiger partial charge in [0.25, 0.3) is 0 Å². The Hall–Kier alpha value is -4.11. The lowest BCUT2D eigenvalue weighted by Crippen LogP contribution is -2.60. The Morgan fingerprint density at radius 2 is 1.40 bits per heavy atom. The lowest BCUT2D eigenvalue weighted by molar-refractivity contribution is -0.277. The summed E-state index contributed by atoms with van der Waals surface area (Å²) in [6.07, 6.45) is -3.48. The fourth-order valence-corrected chi connectivity index (χ4v) is 5.43. The lowest BCUT2D eigenvalue weighted by atomic mass is 9.82. The van der Waals surface area contributed by atoms with Gasteiger partial charge in [-0.1, -0.05) is 84.9 Å². The van der Waals surface area contributed by atoms with Gasteiger partial charge in [0.15, 0.2) is 5.78 Å². The second kappa shape index (κ2) is 10.8. The molecule has 1 aliphatic carbocycles. The first-order valence-electron chi connectivity index (χ1n) is 13.1. The van der Waals surface area contributed by atoms with Gasteiger partial charge < -0.3 is 29.9 Å². The van der Waals surface area contributed by atoms with Crippen molar-refractivity contribution in [3.63, 3.8) is 0 Å².